The smallest absolute Gasteiger partial charge is 0.410 e. The van der Waals surface area contributed by atoms with Crippen LogP contribution in [0.3, 0.4) is 0 Å². The summed E-state index contributed by atoms with van der Waals surface area (Å²) in [6.45, 7) is 0.932. The van der Waals surface area contributed by atoms with E-state index in [1.807, 2.05) is 0 Å². The van der Waals surface area contributed by atoms with E-state index in [2.05, 4.69) is 0 Å². The largest absolute Gasteiger partial charge is 0.497 e. The fourth-order valence-corrected chi connectivity index (χ4v) is 1.11. The van der Waals surface area contributed by atoms with Crippen molar-refractivity contribution in [2.75, 3.05) is 7.11 Å². The molecule has 0 saturated heterocycles. The predicted octanol–water partition coefficient (Wildman–Crippen LogP) is 2.43. The molecule has 0 amide bonds. The van der Waals surface area contributed by atoms with Crippen molar-refractivity contribution >= 4 is 0 Å². The molecule has 0 aromatic heterocycles. The first-order valence-electron chi connectivity index (χ1n) is 4.29. The Bertz CT molecular complexity index is 347. The van der Waals surface area contributed by atoms with Gasteiger partial charge in [0.15, 0.2) is 0 Å². The van der Waals surface area contributed by atoms with Gasteiger partial charge in [-0.05, 0) is 24.6 Å². The SMILES string of the molecule is COc1cccc(C(C)(N)C(F)(F)F)c1. The average Bonchev–Trinajstić information content (AvgIpc) is 2.16. The number of alkyl halides is 3. The zero-order valence-electron chi connectivity index (χ0n) is 8.43. The molecular formula is C10H12F3NO. The maximum atomic E-state index is 12.6. The third kappa shape index (κ3) is 2.23. The summed E-state index contributed by atoms with van der Waals surface area (Å²) in [5, 5.41) is 0. The Kier molecular flexibility index (Phi) is 2.95. The maximum Gasteiger partial charge on any atom is 0.410 e. The molecular weight excluding hydrogens is 207 g/mol. The van der Waals surface area contributed by atoms with Crippen LogP contribution in [-0.4, -0.2) is 13.3 Å². The van der Waals surface area contributed by atoms with Crippen LogP contribution in [-0.2, 0) is 5.54 Å². The summed E-state index contributed by atoms with van der Waals surface area (Å²) < 4.78 is 42.6. The summed E-state index contributed by atoms with van der Waals surface area (Å²) in [5.41, 5.74) is 2.88. The normalized spacial score (nSPS) is 15.9. The quantitative estimate of drug-likeness (QED) is 0.829. The average molecular weight is 219 g/mol. The molecule has 15 heavy (non-hydrogen) atoms. The Labute approximate surface area is 85.8 Å². The molecule has 0 bridgehead atoms. The topological polar surface area (TPSA) is 35.2 Å². The highest BCUT2D eigenvalue weighted by atomic mass is 19.4. The minimum absolute atomic E-state index is 0.0191. The lowest BCUT2D eigenvalue weighted by molar-refractivity contribution is -0.184. The number of halogens is 3. The van der Waals surface area contributed by atoms with Crippen molar-refractivity contribution in [1.82, 2.24) is 0 Å². The molecule has 84 valence electrons. The van der Waals surface area contributed by atoms with Crippen molar-refractivity contribution < 1.29 is 17.9 Å². The molecule has 0 heterocycles. The van der Waals surface area contributed by atoms with Gasteiger partial charge in [0.05, 0.1) is 7.11 Å². The van der Waals surface area contributed by atoms with Gasteiger partial charge in [0.2, 0.25) is 0 Å². The molecule has 1 aromatic carbocycles. The van der Waals surface area contributed by atoms with Crippen molar-refractivity contribution in [3.63, 3.8) is 0 Å². The summed E-state index contributed by atoms with van der Waals surface area (Å²) in [6, 6.07) is 5.66. The molecule has 1 aromatic rings. The van der Waals surface area contributed by atoms with E-state index < -0.39 is 11.7 Å². The Morgan fingerprint density at radius 2 is 1.87 bits per heavy atom. The van der Waals surface area contributed by atoms with Crippen LogP contribution in [0, 0.1) is 0 Å². The number of rotatable bonds is 2. The van der Waals surface area contributed by atoms with Gasteiger partial charge in [-0.1, -0.05) is 12.1 Å². The van der Waals surface area contributed by atoms with Crippen LogP contribution in [0.25, 0.3) is 0 Å². The fraction of sp³-hybridized carbons (Fsp3) is 0.400. The lowest BCUT2D eigenvalue weighted by Gasteiger charge is -2.28. The number of hydrogen-bond acceptors (Lipinski definition) is 2. The highest BCUT2D eigenvalue weighted by molar-refractivity contribution is 5.33. The summed E-state index contributed by atoms with van der Waals surface area (Å²) in [6.07, 6.45) is -4.49. The van der Waals surface area contributed by atoms with Gasteiger partial charge in [0.25, 0.3) is 0 Å². The van der Waals surface area contributed by atoms with E-state index in [1.54, 1.807) is 6.07 Å². The molecule has 0 aliphatic rings. The monoisotopic (exact) mass is 219 g/mol. The van der Waals surface area contributed by atoms with Gasteiger partial charge < -0.3 is 10.5 Å². The molecule has 1 atom stereocenters. The third-order valence-electron chi connectivity index (χ3n) is 2.26. The van der Waals surface area contributed by atoms with Crippen LogP contribution in [0.15, 0.2) is 24.3 Å². The summed E-state index contributed by atoms with van der Waals surface area (Å²) in [4.78, 5) is 0. The highest BCUT2D eigenvalue weighted by Gasteiger charge is 2.49. The zero-order valence-corrected chi connectivity index (χ0v) is 8.43. The lowest BCUT2D eigenvalue weighted by atomic mass is 9.92. The van der Waals surface area contributed by atoms with Crippen LogP contribution in [0.2, 0.25) is 0 Å². The minimum Gasteiger partial charge on any atom is -0.497 e. The summed E-state index contributed by atoms with van der Waals surface area (Å²) in [7, 11) is 1.39. The third-order valence-corrected chi connectivity index (χ3v) is 2.26. The molecule has 0 saturated carbocycles. The van der Waals surface area contributed by atoms with E-state index in [9.17, 15) is 13.2 Å². The van der Waals surface area contributed by atoms with Gasteiger partial charge in [0, 0.05) is 0 Å². The second-order valence-corrected chi connectivity index (χ2v) is 3.43. The number of methoxy groups -OCH3 is 1. The molecule has 5 heteroatoms. The van der Waals surface area contributed by atoms with Crippen molar-refractivity contribution in [2.45, 2.75) is 18.6 Å². The number of benzene rings is 1. The van der Waals surface area contributed by atoms with E-state index >= 15 is 0 Å². The lowest BCUT2D eigenvalue weighted by Crippen LogP contribution is -2.47. The standard InChI is InChI=1S/C10H12F3NO/c1-9(14,10(11,12)13)7-4-3-5-8(6-7)15-2/h3-6H,14H2,1-2H3. The van der Waals surface area contributed by atoms with E-state index in [4.69, 9.17) is 10.5 Å². The van der Waals surface area contributed by atoms with Gasteiger partial charge in [-0.2, -0.15) is 13.2 Å². The van der Waals surface area contributed by atoms with Gasteiger partial charge in [-0.15, -0.1) is 0 Å². The van der Waals surface area contributed by atoms with Crippen molar-refractivity contribution in [3.8, 4) is 5.75 Å². The zero-order chi connectivity index (χ0) is 11.7. The van der Waals surface area contributed by atoms with Crippen LogP contribution in [0.4, 0.5) is 13.2 Å². The molecule has 2 nitrogen and oxygen atoms in total. The Morgan fingerprint density at radius 3 is 2.33 bits per heavy atom. The Balaban J connectivity index is 3.15. The van der Waals surface area contributed by atoms with Gasteiger partial charge in [0.1, 0.15) is 11.3 Å². The molecule has 0 aliphatic carbocycles. The molecule has 0 fully saturated rings. The number of ether oxygens (including phenoxy) is 1. The summed E-state index contributed by atoms with van der Waals surface area (Å²) in [5.74, 6) is 0.355. The first-order valence-corrected chi connectivity index (χ1v) is 4.29. The highest BCUT2D eigenvalue weighted by Crippen LogP contribution is 2.37. The van der Waals surface area contributed by atoms with E-state index in [0.29, 0.717) is 5.75 Å². The van der Waals surface area contributed by atoms with Gasteiger partial charge >= 0.3 is 6.18 Å². The maximum absolute atomic E-state index is 12.6. The van der Waals surface area contributed by atoms with Gasteiger partial charge in [-0.3, -0.25) is 0 Å². The van der Waals surface area contributed by atoms with Crippen molar-refractivity contribution in [2.24, 2.45) is 5.73 Å². The molecule has 0 spiro atoms. The Hall–Kier alpha value is -1.23. The van der Waals surface area contributed by atoms with Gasteiger partial charge in [-0.25, -0.2) is 0 Å². The van der Waals surface area contributed by atoms with E-state index in [1.165, 1.54) is 25.3 Å². The second-order valence-electron chi connectivity index (χ2n) is 3.43. The van der Waals surface area contributed by atoms with Crippen LogP contribution >= 0.6 is 0 Å². The fourth-order valence-electron chi connectivity index (χ4n) is 1.11. The minimum atomic E-state index is -4.49. The number of nitrogens with two attached hydrogens (primary N) is 1. The number of hydrogen-bond donors (Lipinski definition) is 1. The van der Waals surface area contributed by atoms with E-state index in [-0.39, 0.29) is 5.56 Å². The van der Waals surface area contributed by atoms with Crippen LogP contribution in [0.1, 0.15) is 12.5 Å². The predicted molar refractivity (Wildman–Crippen MR) is 50.6 cm³/mol. The second kappa shape index (κ2) is 3.73. The van der Waals surface area contributed by atoms with Crippen LogP contribution in [0.5, 0.6) is 5.75 Å². The molecule has 0 radical (unpaired) electrons. The van der Waals surface area contributed by atoms with Crippen molar-refractivity contribution in [1.29, 1.82) is 0 Å². The molecule has 1 unspecified atom stereocenters. The van der Waals surface area contributed by atoms with Crippen molar-refractivity contribution in [3.05, 3.63) is 29.8 Å². The first-order chi connectivity index (χ1) is 6.79. The molecule has 0 aliphatic heterocycles. The first kappa shape index (κ1) is 11.8. The summed E-state index contributed by atoms with van der Waals surface area (Å²) >= 11 is 0. The van der Waals surface area contributed by atoms with Crippen LogP contribution < -0.4 is 10.5 Å². The Morgan fingerprint density at radius 1 is 1.27 bits per heavy atom. The van der Waals surface area contributed by atoms with E-state index in [0.717, 1.165) is 6.92 Å². The molecule has 2 N–H and O–H groups in total. The molecule has 1 rings (SSSR count).